The van der Waals surface area contributed by atoms with Gasteiger partial charge in [0.2, 0.25) is 0 Å². The van der Waals surface area contributed by atoms with Crippen molar-refractivity contribution in [1.29, 1.82) is 0 Å². The van der Waals surface area contributed by atoms with E-state index in [1.54, 1.807) is 0 Å². The van der Waals surface area contributed by atoms with Crippen LogP contribution < -0.4 is 0 Å². The van der Waals surface area contributed by atoms with E-state index in [0.717, 1.165) is 0 Å². The van der Waals surface area contributed by atoms with E-state index in [1.807, 2.05) is 0 Å². The number of para-hydroxylation sites is 3. The van der Waals surface area contributed by atoms with Gasteiger partial charge in [-0.05, 0) is 104 Å². The third kappa shape index (κ3) is 4.31. The highest BCUT2D eigenvalue weighted by Crippen LogP contribution is 2.41. The summed E-state index contributed by atoms with van der Waals surface area (Å²) in [5, 5.41) is 10.1. The van der Waals surface area contributed by atoms with Crippen molar-refractivity contribution in [2.75, 3.05) is 0 Å². The molecule has 242 valence electrons. The minimum Gasteiger partial charge on any atom is -0.309 e. The molecule has 0 fully saturated rings. The molecule has 9 aromatic carbocycles. The SMILES string of the molecule is c1ccc(-n2c3ccccc3c3cc(-c4ccc(-c5ccc6c(c5)c5ccccc5n6-c5ccc6ccccc6c5)c5ccccc45)ccc32)cc1. The number of nitrogens with zero attached hydrogens (tertiary/aromatic N) is 2. The van der Waals surface area contributed by atoms with Crippen molar-refractivity contribution in [3.8, 4) is 33.6 Å². The summed E-state index contributed by atoms with van der Waals surface area (Å²) in [6.45, 7) is 0. The second-order valence-corrected chi connectivity index (χ2v) is 13.7. The predicted octanol–water partition coefficient (Wildman–Crippen LogP) is 13.5. The molecule has 52 heavy (non-hydrogen) atoms. The summed E-state index contributed by atoms with van der Waals surface area (Å²) in [7, 11) is 0. The molecule has 0 bridgehead atoms. The first-order valence-corrected chi connectivity index (χ1v) is 17.9. The Balaban J connectivity index is 1.08. The Bertz CT molecular complexity index is 3180. The van der Waals surface area contributed by atoms with Crippen LogP contribution in [0.1, 0.15) is 0 Å². The van der Waals surface area contributed by atoms with Crippen molar-refractivity contribution in [2.45, 2.75) is 0 Å². The molecule has 11 aromatic rings. The molecule has 0 atom stereocenters. The fraction of sp³-hybridized carbons (Fsp3) is 0. The standard InChI is InChI=1S/C50H32N2/c1-2-14-37(15-3-1)51-47-20-10-8-18-43(47)45-31-35(23-28-49(45)51)39-26-27-40(42-17-7-6-16-41(39)42)36-24-29-50-46(32-36)44-19-9-11-21-48(44)52(50)38-25-22-33-12-4-5-13-34(33)30-38/h1-32H. The monoisotopic (exact) mass is 660 g/mol. The molecule has 2 nitrogen and oxygen atoms in total. The minimum absolute atomic E-state index is 1.17. The fourth-order valence-corrected chi connectivity index (χ4v) is 8.53. The minimum atomic E-state index is 1.17. The zero-order chi connectivity index (χ0) is 34.2. The molecule has 2 heterocycles. The molecule has 0 unspecified atom stereocenters. The Hall–Kier alpha value is -6.90. The van der Waals surface area contributed by atoms with Gasteiger partial charge in [0, 0.05) is 32.9 Å². The molecule has 0 aliphatic rings. The highest BCUT2D eigenvalue weighted by molar-refractivity contribution is 6.14. The lowest BCUT2D eigenvalue weighted by molar-refractivity contribution is 1.18. The third-order valence-corrected chi connectivity index (χ3v) is 10.9. The van der Waals surface area contributed by atoms with Gasteiger partial charge in [-0.3, -0.25) is 0 Å². The molecule has 0 saturated heterocycles. The number of hydrogen-bond acceptors (Lipinski definition) is 0. The number of rotatable bonds is 4. The van der Waals surface area contributed by atoms with Crippen LogP contribution in [0.3, 0.4) is 0 Å². The Morgan fingerprint density at radius 3 is 1.31 bits per heavy atom. The van der Waals surface area contributed by atoms with Crippen molar-refractivity contribution in [1.82, 2.24) is 9.13 Å². The van der Waals surface area contributed by atoms with Crippen LogP contribution >= 0.6 is 0 Å². The first kappa shape index (κ1) is 28.9. The Morgan fingerprint density at radius 1 is 0.250 bits per heavy atom. The van der Waals surface area contributed by atoms with E-state index in [-0.39, 0.29) is 0 Å². The van der Waals surface area contributed by atoms with Crippen LogP contribution in [0.4, 0.5) is 0 Å². The van der Waals surface area contributed by atoms with E-state index in [9.17, 15) is 0 Å². The van der Waals surface area contributed by atoms with Crippen LogP contribution in [-0.4, -0.2) is 9.13 Å². The molecule has 0 radical (unpaired) electrons. The summed E-state index contributed by atoms with van der Waals surface area (Å²) in [5.41, 5.74) is 12.1. The number of hydrogen-bond donors (Lipinski definition) is 0. The molecular formula is C50H32N2. The summed E-state index contributed by atoms with van der Waals surface area (Å²) >= 11 is 0. The van der Waals surface area contributed by atoms with Crippen LogP contribution in [0.2, 0.25) is 0 Å². The first-order valence-electron chi connectivity index (χ1n) is 17.9. The van der Waals surface area contributed by atoms with E-state index in [1.165, 1.54) is 98.8 Å². The third-order valence-electron chi connectivity index (χ3n) is 10.9. The maximum Gasteiger partial charge on any atom is 0.0541 e. The fourth-order valence-electron chi connectivity index (χ4n) is 8.53. The van der Waals surface area contributed by atoms with Crippen molar-refractivity contribution in [2.24, 2.45) is 0 Å². The van der Waals surface area contributed by atoms with Gasteiger partial charge in [0.05, 0.1) is 22.1 Å². The summed E-state index contributed by atoms with van der Waals surface area (Å²) in [6.07, 6.45) is 0. The molecule has 2 aromatic heterocycles. The van der Waals surface area contributed by atoms with E-state index in [4.69, 9.17) is 0 Å². The van der Waals surface area contributed by atoms with Crippen molar-refractivity contribution < 1.29 is 0 Å². The van der Waals surface area contributed by atoms with Gasteiger partial charge in [0.25, 0.3) is 0 Å². The summed E-state index contributed by atoms with van der Waals surface area (Å²) < 4.78 is 4.79. The van der Waals surface area contributed by atoms with Crippen molar-refractivity contribution in [3.05, 3.63) is 194 Å². The van der Waals surface area contributed by atoms with Crippen LogP contribution in [-0.2, 0) is 0 Å². The van der Waals surface area contributed by atoms with E-state index in [2.05, 4.69) is 203 Å². The van der Waals surface area contributed by atoms with E-state index in [0.29, 0.717) is 0 Å². The Labute approximate surface area is 301 Å². The van der Waals surface area contributed by atoms with Gasteiger partial charge in [-0.25, -0.2) is 0 Å². The van der Waals surface area contributed by atoms with Crippen LogP contribution in [0, 0.1) is 0 Å². The molecule has 2 heteroatoms. The van der Waals surface area contributed by atoms with Gasteiger partial charge in [0.15, 0.2) is 0 Å². The predicted molar refractivity (Wildman–Crippen MR) is 221 cm³/mol. The molecule has 0 aliphatic heterocycles. The average molecular weight is 661 g/mol. The second-order valence-electron chi connectivity index (χ2n) is 13.7. The van der Waals surface area contributed by atoms with Crippen molar-refractivity contribution >= 4 is 65.2 Å². The van der Waals surface area contributed by atoms with Crippen LogP contribution in [0.15, 0.2) is 194 Å². The van der Waals surface area contributed by atoms with Gasteiger partial charge in [-0.1, -0.05) is 133 Å². The normalized spacial score (nSPS) is 11.8. The lowest BCUT2D eigenvalue weighted by atomic mass is 9.91. The molecule has 0 spiro atoms. The quantitative estimate of drug-likeness (QED) is 0.178. The summed E-state index contributed by atoms with van der Waals surface area (Å²) in [6, 6.07) is 71.0. The molecule has 0 N–H and O–H groups in total. The van der Waals surface area contributed by atoms with E-state index < -0.39 is 0 Å². The highest BCUT2D eigenvalue weighted by atomic mass is 15.0. The maximum absolute atomic E-state index is 2.41. The molecule has 0 aliphatic carbocycles. The van der Waals surface area contributed by atoms with E-state index >= 15 is 0 Å². The average Bonchev–Trinajstić information content (AvgIpc) is 3.73. The molecule has 11 rings (SSSR count). The highest BCUT2D eigenvalue weighted by Gasteiger charge is 2.17. The van der Waals surface area contributed by atoms with Crippen molar-refractivity contribution in [3.63, 3.8) is 0 Å². The smallest absolute Gasteiger partial charge is 0.0541 e. The molecule has 0 amide bonds. The number of aromatic nitrogens is 2. The first-order chi connectivity index (χ1) is 25.8. The zero-order valence-corrected chi connectivity index (χ0v) is 28.4. The Morgan fingerprint density at radius 2 is 0.712 bits per heavy atom. The topological polar surface area (TPSA) is 9.86 Å². The number of fused-ring (bicyclic) bond motifs is 8. The summed E-state index contributed by atoms with van der Waals surface area (Å²) in [5.74, 6) is 0. The number of benzene rings is 9. The maximum atomic E-state index is 2.41. The van der Waals surface area contributed by atoms with Gasteiger partial charge in [-0.2, -0.15) is 0 Å². The largest absolute Gasteiger partial charge is 0.309 e. The lowest BCUT2D eigenvalue weighted by Crippen LogP contribution is -1.94. The summed E-state index contributed by atoms with van der Waals surface area (Å²) in [4.78, 5) is 0. The lowest BCUT2D eigenvalue weighted by Gasteiger charge is -2.13. The van der Waals surface area contributed by atoms with Gasteiger partial charge in [0.1, 0.15) is 0 Å². The van der Waals surface area contributed by atoms with Gasteiger partial charge < -0.3 is 9.13 Å². The Kier molecular flexibility index (Phi) is 6.28. The zero-order valence-electron chi connectivity index (χ0n) is 28.4. The second kappa shape index (κ2) is 11.3. The molecule has 0 saturated carbocycles. The van der Waals surface area contributed by atoms with Crippen LogP contribution in [0.5, 0.6) is 0 Å². The van der Waals surface area contributed by atoms with Crippen LogP contribution in [0.25, 0.3) is 98.8 Å². The van der Waals surface area contributed by atoms with Gasteiger partial charge >= 0.3 is 0 Å². The van der Waals surface area contributed by atoms with Gasteiger partial charge in [-0.15, -0.1) is 0 Å². The molecular weight excluding hydrogens is 629 g/mol.